The van der Waals surface area contributed by atoms with Gasteiger partial charge in [-0.3, -0.25) is 4.79 Å². The summed E-state index contributed by atoms with van der Waals surface area (Å²) in [7, 11) is 0. The van der Waals surface area contributed by atoms with E-state index in [2.05, 4.69) is 48.4 Å². The van der Waals surface area contributed by atoms with E-state index in [4.69, 9.17) is 4.52 Å². The smallest absolute Gasteiger partial charge is 0.249 e. The van der Waals surface area contributed by atoms with Gasteiger partial charge in [0, 0.05) is 12.0 Å². The van der Waals surface area contributed by atoms with E-state index >= 15 is 0 Å². The van der Waals surface area contributed by atoms with Gasteiger partial charge in [-0.1, -0.05) is 57.1 Å². The zero-order valence-corrected chi connectivity index (χ0v) is 13.8. The van der Waals surface area contributed by atoms with Crippen molar-refractivity contribution in [2.45, 2.75) is 52.5 Å². The number of carbonyl (C=O) groups excluding carboxylic acids is 1. The highest BCUT2D eigenvalue weighted by molar-refractivity contribution is 5.75. The molecule has 5 heteroatoms. The highest BCUT2D eigenvalue weighted by Crippen LogP contribution is 2.25. The van der Waals surface area contributed by atoms with Gasteiger partial charge >= 0.3 is 0 Å². The summed E-state index contributed by atoms with van der Waals surface area (Å²) in [6.45, 7) is 10.2. The summed E-state index contributed by atoms with van der Waals surface area (Å²) in [5, 5.41) is 6.80. The van der Waals surface area contributed by atoms with Crippen molar-refractivity contribution in [3.63, 3.8) is 0 Å². The summed E-state index contributed by atoms with van der Waals surface area (Å²) in [4.78, 5) is 15.8. The molecular weight excluding hydrogens is 278 g/mol. The number of rotatable bonds is 4. The molecular formula is C17H23N3O2. The molecule has 0 aliphatic rings. The van der Waals surface area contributed by atoms with Gasteiger partial charge < -0.3 is 9.84 Å². The fraction of sp³-hybridized carbons (Fsp3) is 0.471. The molecule has 1 aromatic carbocycles. The molecule has 5 nitrogen and oxygen atoms in total. The SMILES string of the molecule is CCC(=O)N[C@H](C)c1nc(-c2ccc(C(C)(C)C)cc2)no1. The lowest BCUT2D eigenvalue weighted by atomic mass is 9.87. The molecule has 0 unspecified atom stereocenters. The van der Waals surface area contributed by atoms with Gasteiger partial charge in [0.2, 0.25) is 17.6 Å². The van der Waals surface area contributed by atoms with Crippen molar-refractivity contribution in [1.29, 1.82) is 0 Å². The van der Waals surface area contributed by atoms with Gasteiger partial charge in [0.05, 0.1) is 0 Å². The Labute approximate surface area is 131 Å². The second-order valence-electron chi connectivity index (χ2n) is 6.43. The Balaban J connectivity index is 2.16. The van der Waals surface area contributed by atoms with Crippen LogP contribution in [0.1, 0.15) is 58.5 Å². The third-order valence-corrected chi connectivity index (χ3v) is 3.52. The number of nitrogens with zero attached hydrogens (tertiary/aromatic N) is 2. The van der Waals surface area contributed by atoms with E-state index in [1.54, 1.807) is 6.92 Å². The number of carbonyl (C=O) groups is 1. The summed E-state index contributed by atoms with van der Waals surface area (Å²) >= 11 is 0. The van der Waals surface area contributed by atoms with Gasteiger partial charge in [-0.15, -0.1) is 0 Å². The molecule has 2 rings (SSSR count). The highest BCUT2D eigenvalue weighted by atomic mass is 16.5. The van der Waals surface area contributed by atoms with Crippen LogP contribution in [0.25, 0.3) is 11.4 Å². The van der Waals surface area contributed by atoms with Gasteiger partial charge in [0.15, 0.2) is 0 Å². The van der Waals surface area contributed by atoms with E-state index in [-0.39, 0.29) is 17.4 Å². The molecule has 1 atom stereocenters. The third-order valence-electron chi connectivity index (χ3n) is 3.52. The normalized spacial score (nSPS) is 13.0. The van der Waals surface area contributed by atoms with Crippen molar-refractivity contribution in [2.75, 3.05) is 0 Å². The standard InChI is InChI=1S/C17H23N3O2/c1-6-14(21)18-11(2)16-19-15(20-22-16)12-7-9-13(10-8-12)17(3,4)5/h7-11H,6H2,1-5H3,(H,18,21)/t11-/m1/s1. The first-order chi connectivity index (χ1) is 10.3. The van der Waals surface area contributed by atoms with E-state index in [1.165, 1.54) is 5.56 Å². The topological polar surface area (TPSA) is 68.0 Å². The zero-order chi connectivity index (χ0) is 16.3. The quantitative estimate of drug-likeness (QED) is 0.936. The van der Waals surface area contributed by atoms with Crippen molar-refractivity contribution in [3.05, 3.63) is 35.7 Å². The molecule has 0 aliphatic heterocycles. The van der Waals surface area contributed by atoms with Gasteiger partial charge in [0.1, 0.15) is 6.04 Å². The fourth-order valence-electron chi connectivity index (χ4n) is 2.05. The molecule has 1 aromatic heterocycles. The molecule has 0 saturated carbocycles. The molecule has 1 heterocycles. The second kappa shape index (κ2) is 6.30. The number of benzene rings is 1. The van der Waals surface area contributed by atoms with Crippen LogP contribution in [-0.4, -0.2) is 16.0 Å². The Bertz CT molecular complexity index is 639. The number of aromatic nitrogens is 2. The van der Waals surface area contributed by atoms with E-state index < -0.39 is 0 Å². The lowest BCUT2D eigenvalue weighted by Gasteiger charge is -2.18. The minimum Gasteiger partial charge on any atom is -0.345 e. The molecule has 1 N–H and O–H groups in total. The van der Waals surface area contributed by atoms with Crippen molar-refractivity contribution >= 4 is 5.91 Å². The minimum atomic E-state index is -0.289. The summed E-state index contributed by atoms with van der Waals surface area (Å²) in [5.41, 5.74) is 2.26. The maximum atomic E-state index is 11.4. The van der Waals surface area contributed by atoms with Crippen LogP contribution in [0.5, 0.6) is 0 Å². The van der Waals surface area contributed by atoms with Crippen molar-refractivity contribution in [3.8, 4) is 11.4 Å². The third kappa shape index (κ3) is 3.72. The maximum Gasteiger partial charge on any atom is 0.249 e. The zero-order valence-electron chi connectivity index (χ0n) is 13.8. The van der Waals surface area contributed by atoms with Gasteiger partial charge in [-0.25, -0.2) is 0 Å². The predicted molar refractivity (Wildman–Crippen MR) is 85.3 cm³/mol. The van der Waals surface area contributed by atoms with Crippen molar-refractivity contribution in [1.82, 2.24) is 15.5 Å². The summed E-state index contributed by atoms with van der Waals surface area (Å²) in [6, 6.07) is 7.85. The number of hydrogen-bond acceptors (Lipinski definition) is 4. The molecule has 0 fully saturated rings. The van der Waals surface area contributed by atoms with Crippen LogP contribution < -0.4 is 5.32 Å². The van der Waals surface area contributed by atoms with Crippen LogP contribution in [0.4, 0.5) is 0 Å². The van der Waals surface area contributed by atoms with Gasteiger partial charge in [-0.2, -0.15) is 4.98 Å². The Morgan fingerprint density at radius 3 is 2.45 bits per heavy atom. The average Bonchev–Trinajstić information content (AvgIpc) is 2.96. The van der Waals surface area contributed by atoms with Crippen LogP contribution in [0.3, 0.4) is 0 Å². The van der Waals surface area contributed by atoms with Crippen molar-refractivity contribution in [2.24, 2.45) is 0 Å². The van der Waals surface area contributed by atoms with Crippen LogP contribution in [0, 0.1) is 0 Å². The first-order valence-electron chi connectivity index (χ1n) is 7.55. The molecule has 22 heavy (non-hydrogen) atoms. The molecule has 0 spiro atoms. The molecule has 0 radical (unpaired) electrons. The number of amides is 1. The Morgan fingerprint density at radius 2 is 1.91 bits per heavy atom. The van der Waals surface area contributed by atoms with Crippen LogP contribution in [0.2, 0.25) is 0 Å². The highest BCUT2D eigenvalue weighted by Gasteiger charge is 2.18. The first-order valence-corrected chi connectivity index (χ1v) is 7.55. The molecule has 1 amide bonds. The lowest BCUT2D eigenvalue weighted by Crippen LogP contribution is -2.25. The largest absolute Gasteiger partial charge is 0.345 e. The van der Waals surface area contributed by atoms with Crippen molar-refractivity contribution < 1.29 is 9.32 Å². The maximum absolute atomic E-state index is 11.4. The van der Waals surface area contributed by atoms with E-state index in [9.17, 15) is 4.79 Å². The van der Waals surface area contributed by atoms with Gasteiger partial charge in [-0.05, 0) is 17.9 Å². The predicted octanol–water partition coefficient (Wildman–Crippen LogP) is 3.62. The van der Waals surface area contributed by atoms with E-state index in [1.807, 2.05) is 19.1 Å². The number of nitrogens with one attached hydrogen (secondary N) is 1. The fourth-order valence-corrected chi connectivity index (χ4v) is 2.05. The Hall–Kier alpha value is -2.17. The molecule has 118 valence electrons. The van der Waals surface area contributed by atoms with E-state index in [0.717, 1.165) is 5.56 Å². The average molecular weight is 301 g/mol. The summed E-state index contributed by atoms with van der Waals surface area (Å²) < 4.78 is 5.25. The molecule has 0 aliphatic carbocycles. The summed E-state index contributed by atoms with van der Waals surface area (Å²) in [5.74, 6) is 0.909. The second-order valence-corrected chi connectivity index (χ2v) is 6.43. The van der Waals surface area contributed by atoms with Gasteiger partial charge in [0.25, 0.3) is 0 Å². The van der Waals surface area contributed by atoms with Crippen LogP contribution >= 0.6 is 0 Å². The van der Waals surface area contributed by atoms with Crippen LogP contribution in [-0.2, 0) is 10.2 Å². The first kappa shape index (κ1) is 16.2. The molecule has 0 bridgehead atoms. The molecule has 2 aromatic rings. The lowest BCUT2D eigenvalue weighted by molar-refractivity contribution is -0.121. The monoisotopic (exact) mass is 301 g/mol. The Kier molecular flexibility index (Phi) is 4.64. The minimum absolute atomic E-state index is 0.0400. The summed E-state index contributed by atoms with van der Waals surface area (Å²) in [6.07, 6.45) is 0.430. The Morgan fingerprint density at radius 1 is 1.27 bits per heavy atom. The number of hydrogen-bond donors (Lipinski definition) is 1. The van der Waals surface area contributed by atoms with E-state index in [0.29, 0.717) is 18.1 Å². The van der Waals surface area contributed by atoms with Crippen LogP contribution in [0.15, 0.2) is 28.8 Å². The molecule has 0 saturated heterocycles.